The Morgan fingerprint density at radius 2 is 2.06 bits per heavy atom. The lowest BCUT2D eigenvalue weighted by atomic mass is 9.99. The molecule has 1 unspecified atom stereocenters. The predicted molar refractivity (Wildman–Crippen MR) is 66.9 cm³/mol. The molecule has 0 aromatic carbocycles. The van der Waals surface area contributed by atoms with Gasteiger partial charge in [-0.3, -0.25) is 4.79 Å². The summed E-state index contributed by atoms with van der Waals surface area (Å²) in [7, 11) is -2.16. The minimum atomic E-state index is -3.50. The number of esters is 1. The van der Waals surface area contributed by atoms with Crippen LogP contribution in [0.15, 0.2) is 0 Å². The summed E-state index contributed by atoms with van der Waals surface area (Å²) in [5.74, 6) is -0.469. The molecule has 0 radical (unpaired) electrons. The van der Waals surface area contributed by atoms with Crippen LogP contribution in [0.2, 0.25) is 0 Å². The maximum atomic E-state index is 11.9. The summed E-state index contributed by atoms with van der Waals surface area (Å²) in [6.45, 7) is 2.61. The van der Waals surface area contributed by atoms with Crippen molar-refractivity contribution in [1.82, 2.24) is 9.03 Å². The van der Waals surface area contributed by atoms with Gasteiger partial charge < -0.3 is 10.5 Å². The van der Waals surface area contributed by atoms with Crippen LogP contribution in [0.4, 0.5) is 0 Å². The minimum Gasteiger partial charge on any atom is -0.469 e. The molecule has 1 saturated heterocycles. The number of nitrogens with zero attached hydrogens (tertiary/aromatic N) is 1. The average molecular weight is 279 g/mol. The predicted octanol–water partition coefficient (Wildman–Crippen LogP) is -0.947. The lowest BCUT2D eigenvalue weighted by Crippen LogP contribution is -2.49. The molecule has 7 nitrogen and oxygen atoms in total. The van der Waals surface area contributed by atoms with E-state index >= 15 is 0 Å². The van der Waals surface area contributed by atoms with E-state index in [0.717, 1.165) is 0 Å². The summed E-state index contributed by atoms with van der Waals surface area (Å²) in [5, 5.41) is 0. The molecule has 1 aliphatic heterocycles. The van der Waals surface area contributed by atoms with Crippen LogP contribution in [-0.2, 0) is 19.7 Å². The monoisotopic (exact) mass is 279 g/mol. The highest BCUT2D eigenvalue weighted by atomic mass is 32.2. The van der Waals surface area contributed by atoms with E-state index in [1.165, 1.54) is 11.4 Å². The number of rotatable bonds is 5. The maximum absolute atomic E-state index is 11.9. The van der Waals surface area contributed by atoms with E-state index in [9.17, 15) is 13.2 Å². The van der Waals surface area contributed by atoms with Crippen molar-refractivity contribution in [1.29, 1.82) is 0 Å². The van der Waals surface area contributed by atoms with Crippen LogP contribution in [0.5, 0.6) is 0 Å². The Labute approximate surface area is 108 Å². The third-order valence-electron chi connectivity index (χ3n) is 3.03. The lowest BCUT2D eigenvalue weighted by molar-refractivity contribution is -0.146. The van der Waals surface area contributed by atoms with Gasteiger partial charge in [-0.15, -0.1) is 0 Å². The third kappa shape index (κ3) is 3.91. The molecule has 0 saturated carbocycles. The third-order valence-corrected chi connectivity index (χ3v) is 4.78. The molecule has 106 valence electrons. The van der Waals surface area contributed by atoms with Gasteiger partial charge in [0.1, 0.15) is 0 Å². The Morgan fingerprint density at radius 1 is 1.50 bits per heavy atom. The highest BCUT2D eigenvalue weighted by molar-refractivity contribution is 7.87. The zero-order chi connectivity index (χ0) is 13.8. The number of carbonyl (C=O) groups is 1. The molecule has 0 aliphatic carbocycles. The molecular formula is C10H21N3O4S. The van der Waals surface area contributed by atoms with Crippen molar-refractivity contribution < 1.29 is 17.9 Å². The second-order valence-electron chi connectivity index (χ2n) is 4.46. The zero-order valence-corrected chi connectivity index (χ0v) is 11.6. The fraction of sp³-hybridized carbons (Fsp3) is 0.900. The van der Waals surface area contributed by atoms with Gasteiger partial charge in [-0.05, 0) is 19.8 Å². The fourth-order valence-corrected chi connectivity index (χ4v) is 3.32. The van der Waals surface area contributed by atoms with Crippen LogP contribution in [0.3, 0.4) is 0 Å². The number of nitrogens with two attached hydrogens (primary N) is 1. The molecule has 0 aromatic heterocycles. The van der Waals surface area contributed by atoms with Gasteiger partial charge in [-0.2, -0.15) is 17.4 Å². The highest BCUT2D eigenvalue weighted by Crippen LogP contribution is 2.20. The summed E-state index contributed by atoms with van der Waals surface area (Å²) in [5.41, 5.74) is 5.38. The van der Waals surface area contributed by atoms with Gasteiger partial charge in [0, 0.05) is 25.7 Å². The average Bonchev–Trinajstić information content (AvgIpc) is 2.37. The molecular weight excluding hydrogens is 258 g/mol. The fourth-order valence-electron chi connectivity index (χ4n) is 1.88. The molecule has 1 heterocycles. The molecule has 1 fully saturated rings. The van der Waals surface area contributed by atoms with E-state index in [4.69, 9.17) is 5.73 Å². The van der Waals surface area contributed by atoms with Gasteiger partial charge in [0.05, 0.1) is 13.0 Å². The summed E-state index contributed by atoms with van der Waals surface area (Å²) in [6.07, 6.45) is 0.981. The second-order valence-corrected chi connectivity index (χ2v) is 6.16. The van der Waals surface area contributed by atoms with Crippen molar-refractivity contribution >= 4 is 16.2 Å². The largest absolute Gasteiger partial charge is 0.469 e. The molecule has 1 rings (SSSR count). The number of piperidine rings is 1. The van der Waals surface area contributed by atoms with Crippen molar-refractivity contribution in [2.45, 2.75) is 25.8 Å². The first kappa shape index (κ1) is 15.4. The molecule has 0 spiro atoms. The Balaban J connectivity index is 2.54. The number of hydrogen-bond acceptors (Lipinski definition) is 5. The van der Waals surface area contributed by atoms with Gasteiger partial charge >= 0.3 is 5.97 Å². The Kier molecular flexibility index (Phi) is 5.51. The van der Waals surface area contributed by atoms with Crippen molar-refractivity contribution in [3.05, 3.63) is 0 Å². The van der Waals surface area contributed by atoms with Crippen molar-refractivity contribution in [3.63, 3.8) is 0 Å². The second kappa shape index (κ2) is 6.46. The highest BCUT2D eigenvalue weighted by Gasteiger charge is 2.31. The SMILES string of the molecule is COC(=O)C1CCN(S(=O)(=O)NC(C)CN)CC1. The van der Waals surface area contributed by atoms with Gasteiger partial charge in [-0.25, -0.2) is 0 Å². The number of methoxy groups -OCH3 is 1. The van der Waals surface area contributed by atoms with Crippen LogP contribution in [-0.4, -0.2) is 51.5 Å². The molecule has 3 N–H and O–H groups in total. The van der Waals surface area contributed by atoms with E-state index < -0.39 is 10.2 Å². The van der Waals surface area contributed by atoms with Gasteiger partial charge in [-0.1, -0.05) is 0 Å². The van der Waals surface area contributed by atoms with Crippen LogP contribution >= 0.6 is 0 Å². The number of hydrogen-bond donors (Lipinski definition) is 2. The van der Waals surface area contributed by atoms with Crippen molar-refractivity contribution in [3.8, 4) is 0 Å². The Bertz CT molecular complexity index is 377. The minimum absolute atomic E-state index is 0.201. The van der Waals surface area contributed by atoms with Crippen LogP contribution in [0.1, 0.15) is 19.8 Å². The molecule has 18 heavy (non-hydrogen) atoms. The zero-order valence-electron chi connectivity index (χ0n) is 10.8. The Morgan fingerprint density at radius 3 is 2.50 bits per heavy atom. The summed E-state index contributed by atoms with van der Waals surface area (Å²) >= 11 is 0. The molecule has 1 aliphatic rings. The van der Waals surface area contributed by atoms with Crippen LogP contribution in [0, 0.1) is 5.92 Å². The van der Waals surface area contributed by atoms with Gasteiger partial charge in [0.25, 0.3) is 10.2 Å². The molecule has 1 atom stereocenters. The van der Waals surface area contributed by atoms with Crippen molar-refractivity contribution in [2.75, 3.05) is 26.7 Å². The smallest absolute Gasteiger partial charge is 0.308 e. The summed E-state index contributed by atoms with van der Waals surface area (Å²) in [6, 6.07) is -0.298. The normalized spacial score (nSPS) is 20.6. The van der Waals surface area contributed by atoms with E-state index in [2.05, 4.69) is 9.46 Å². The topological polar surface area (TPSA) is 102 Å². The summed E-state index contributed by atoms with van der Waals surface area (Å²) < 4.78 is 32.4. The van der Waals surface area contributed by atoms with E-state index in [1.807, 2.05) is 0 Å². The van der Waals surface area contributed by atoms with E-state index in [1.54, 1.807) is 6.92 Å². The number of carbonyl (C=O) groups excluding carboxylic acids is 1. The standard InChI is InChI=1S/C10H21N3O4S/c1-8(7-11)12-18(15,16)13-5-3-9(4-6-13)10(14)17-2/h8-9,12H,3-7,11H2,1-2H3. The molecule has 0 bridgehead atoms. The first-order valence-electron chi connectivity index (χ1n) is 5.96. The first-order valence-corrected chi connectivity index (χ1v) is 7.40. The molecule has 0 aromatic rings. The molecule has 8 heteroatoms. The van der Waals surface area contributed by atoms with Crippen LogP contribution < -0.4 is 10.5 Å². The van der Waals surface area contributed by atoms with Gasteiger partial charge in [0.2, 0.25) is 0 Å². The number of ether oxygens (including phenoxy) is 1. The lowest BCUT2D eigenvalue weighted by Gasteiger charge is -2.30. The van der Waals surface area contributed by atoms with Crippen molar-refractivity contribution in [2.24, 2.45) is 11.7 Å². The molecule has 0 amide bonds. The van der Waals surface area contributed by atoms with E-state index in [0.29, 0.717) is 25.9 Å². The Hall–Kier alpha value is -0.700. The van der Waals surface area contributed by atoms with Gasteiger partial charge in [0.15, 0.2) is 0 Å². The maximum Gasteiger partial charge on any atom is 0.308 e. The quantitative estimate of drug-likeness (QED) is 0.632. The summed E-state index contributed by atoms with van der Waals surface area (Å²) in [4.78, 5) is 11.3. The van der Waals surface area contributed by atoms with E-state index in [-0.39, 0.29) is 24.5 Å². The number of nitrogens with one attached hydrogen (secondary N) is 1. The first-order chi connectivity index (χ1) is 8.40. The van der Waals surface area contributed by atoms with Crippen LogP contribution in [0.25, 0.3) is 0 Å².